The zero-order chi connectivity index (χ0) is 23.2. The largest absolute Gasteiger partial charge is 0.369 e. The lowest BCUT2D eigenvalue weighted by molar-refractivity contribution is -0.121. The molecule has 0 aliphatic heterocycles. The number of halogens is 1. The first-order valence-corrected chi connectivity index (χ1v) is 11.4. The predicted molar refractivity (Wildman–Crippen MR) is 126 cm³/mol. The van der Waals surface area contributed by atoms with Crippen LogP contribution >= 0.6 is 11.8 Å². The predicted octanol–water partition coefficient (Wildman–Crippen LogP) is 3.84. The van der Waals surface area contributed by atoms with E-state index < -0.39 is 11.8 Å². The normalized spacial score (nSPS) is 11.9. The van der Waals surface area contributed by atoms with E-state index in [1.165, 1.54) is 23.9 Å². The molecule has 2 aromatic carbocycles. The third kappa shape index (κ3) is 5.78. The number of pyridine rings is 1. The van der Waals surface area contributed by atoms with Crippen LogP contribution < -0.4 is 11.1 Å². The third-order valence-corrected chi connectivity index (χ3v) is 6.33. The van der Waals surface area contributed by atoms with E-state index in [-0.39, 0.29) is 18.3 Å². The molecule has 1 unspecified atom stereocenters. The maximum absolute atomic E-state index is 13.1. The molecular formula is C25H23FN4O2S. The number of thioether (sulfide) groups is 1. The second kappa shape index (κ2) is 10.3. The molecule has 6 nitrogen and oxygen atoms in total. The van der Waals surface area contributed by atoms with Crippen LogP contribution in [0.1, 0.15) is 21.6 Å². The van der Waals surface area contributed by atoms with Crippen molar-refractivity contribution in [3.8, 4) is 0 Å². The highest BCUT2D eigenvalue weighted by molar-refractivity contribution is 7.98. The number of primary amides is 1. The van der Waals surface area contributed by atoms with Crippen molar-refractivity contribution in [2.45, 2.75) is 17.1 Å². The zero-order valence-electron chi connectivity index (χ0n) is 17.8. The Bertz CT molecular complexity index is 1240. The standard InChI is InChI=1S/C25H23FN4O2S/c26-19-10-8-17(9-11-19)13-18(24(27)31)14-28-25(32)21-5-1-2-6-22(21)33-16-20-15-30-12-4-3-7-23(30)29-20/h1-12,15,18H,13-14,16H2,(H2,27,31)(H,28,32). The Labute approximate surface area is 195 Å². The Kier molecular flexibility index (Phi) is 7.04. The SMILES string of the molecule is NC(=O)C(CNC(=O)c1ccccc1SCc1cn2ccccc2n1)Cc1ccc(F)cc1. The van der Waals surface area contributed by atoms with Crippen molar-refractivity contribution < 1.29 is 14.0 Å². The molecule has 0 saturated heterocycles. The molecule has 33 heavy (non-hydrogen) atoms. The fraction of sp³-hybridized carbons (Fsp3) is 0.160. The van der Waals surface area contributed by atoms with Crippen molar-refractivity contribution in [3.05, 3.63) is 102 Å². The van der Waals surface area contributed by atoms with Gasteiger partial charge in [-0.25, -0.2) is 9.37 Å². The quantitative estimate of drug-likeness (QED) is 0.370. The second-order valence-corrected chi connectivity index (χ2v) is 8.64. The number of carbonyl (C=O) groups excluding carboxylic acids is 2. The highest BCUT2D eigenvalue weighted by Gasteiger charge is 2.19. The fourth-order valence-electron chi connectivity index (χ4n) is 3.48. The van der Waals surface area contributed by atoms with Gasteiger partial charge in [0, 0.05) is 29.6 Å². The van der Waals surface area contributed by atoms with Crippen LogP contribution in [0.25, 0.3) is 5.65 Å². The summed E-state index contributed by atoms with van der Waals surface area (Å²) in [6.45, 7) is 0.0942. The van der Waals surface area contributed by atoms with Crippen LogP contribution in [0.2, 0.25) is 0 Å². The minimum atomic E-state index is -0.600. The number of nitrogens with zero attached hydrogens (tertiary/aromatic N) is 2. The molecule has 168 valence electrons. The second-order valence-electron chi connectivity index (χ2n) is 7.62. The highest BCUT2D eigenvalue weighted by atomic mass is 32.2. The molecule has 4 rings (SSSR count). The van der Waals surface area contributed by atoms with E-state index in [1.54, 1.807) is 24.3 Å². The van der Waals surface area contributed by atoms with Gasteiger partial charge in [-0.15, -0.1) is 11.8 Å². The zero-order valence-corrected chi connectivity index (χ0v) is 18.6. The van der Waals surface area contributed by atoms with Crippen molar-refractivity contribution in [2.24, 2.45) is 11.7 Å². The first-order chi connectivity index (χ1) is 16.0. The lowest BCUT2D eigenvalue weighted by Crippen LogP contribution is -2.37. The van der Waals surface area contributed by atoms with Crippen LogP contribution in [0, 0.1) is 11.7 Å². The van der Waals surface area contributed by atoms with Crippen LogP contribution in [-0.2, 0) is 17.0 Å². The molecule has 2 amide bonds. The van der Waals surface area contributed by atoms with E-state index in [2.05, 4.69) is 10.3 Å². The Balaban J connectivity index is 1.40. The number of nitrogens with two attached hydrogens (primary N) is 1. The number of aromatic nitrogens is 2. The Morgan fingerprint density at radius 1 is 1.06 bits per heavy atom. The van der Waals surface area contributed by atoms with Gasteiger partial charge in [0.15, 0.2) is 0 Å². The van der Waals surface area contributed by atoms with Gasteiger partial charge in [-0.05, 0) is 48.4 Å². The number of fused-ring (bicyclic) bond motifs is 1. The molecule has 0 aliphatic rings. The van der Waals surface area contributed by atoms with Crippen molar-refractivity contribution in [3.63, 3.8) is 0 Å². The number of imidazole rings is 1. The summed E-state index contributed by atoms with van der Waals surface area (Å²) in [5, 5.41) is 2.83. The van der Waals surface area contributed by atoms with E-state index in [0.29, 0.717) is 17.7 Å². The van der Waals surface area contributed by atoms with E-state index in [1.807, 2.05) is 47.1 Å². The van der Waals surface area contributed by atoms with E-state index >= 15 is 0 Å². The molecule has 0 radical (unpaired) electrons. The maximum atomic E-state index is 13.1. The summed E-state index contributed by atoms with van der Waals surface area (Å²) in [7, 11) is 0. The number of hydrogen-bond donors (Lipinski definition) is 2. The molecule has 4 aromatic rings. The van der Waals surface area contributed by atoms with Gasteiger partial charge in [-0.2, -0.15) is 0 Å². The van der Waals surface area contributed by atoms with Crippen LogP contribution in [-0.4, -0.2) is 27.7 Å². The first-order valence-electron chi connectivity index (χ1n) is 10.5. The van der Waals surface area contributed by atoms with Gasteiger partial charge in [-0.1, -0.05) is 30.3 Å². The average molecular weight is 463 g/mol. The molecule has 0 fully saturated rings. The van der Waals surface area contributed by atoms with Gasteiger partial charge in [-0.3, -0.25) is 9.59 Å². The van der Waals surface area contributed by atoms with Gasteiger partial charge in [0.05, 0.1) is 17.2 Å². The molecule has 1 atom stereocenters. The molecule has 2 aromatic heterocycles. The molecule has 0 saturated carbocycles. The fourth-order valence-corrected chi connectivity index (χ4v) is 4.41. The van der Waals surface area contributed by atoms with Gasteiger partial charge in [0.25, 0.3) is 5.91 Å². The first kappa shape index (κ1) is 22.5. The molecule has 0 bridgehead atoms. The Hall–Kier alpha value is -3.65. The van der Waals surface area contributed by atoms with E-state index in [4.69, 9.17) is 5.73 Å². The smallest absolute Gasteiger partial charge is 0.252 e. The summed E-state index contributed by atoms with van der Waals surface area (Å²) < 4.78 is 15.1. The molecule has 3 N–H and O–H groups in total. The number of benzene rings is 2. The van der Waals surface area contributed by atoms with Gasteiger partial charge in [0.2, 0.25) is 5.91 Å². The lowest BCUT2D eigenvalue weighted by Gasteiger charge is -2.15. The van der Waals surface area contributed by atoms with Crippen molar-refractivity contribution >= 4 is 29.2 Å². The van der Waals surface area contributed by atoms with Crippen molar-refractivity contribution in [1.29, 1.82) is 0 Å². The molecule has 0 spiro atoms. The van der Waals surface area contributed by atoms with E-state index in [9.17, 15) is 14.0 Å². The number of hydrogen-bond acceptors (Lipinski definition) is 4. The van der Waals surface area contributed by atoms with Crippen LogP contribution in [0.15, 0.2) is 84.0 Å². The third-order valence-electron chi connectivity index (χ3n) is 5.23. The number of carbonyl (C=O) groups is 2. The molecule has 0 aliphatic carbocycles. The Morgan fingerprint density at radius 2 is 1.82 bits per heavy atom. The number of amides is 2. The van der Waals surface area contributed by atoms with Gasteiger partial charge in [0.1, 0.15) is 11.5 Å². The maximum Gasteiger partial charge on any atom is 0.252 e. The summed E-state index contributed by atoms with van der Waals surface area (Å²) in [5.41, 5.74) is 8.62. The summed E-state index contributed by atoms with van der Waals surface area (Å²) in [5.74, 6) is -1.13. The summed E-state index contributed by atoms with van der Waals surface area (Å²) >= 11 is 1.52. The number of nitrogens with one attached hydrogen (secondary N) is 1. The minimum Gasteiger partial charge on any atom is -0.369 e. The van der Waals surface area contributed by atoms with E-state index in [0.717, 1.165) is 21.8 Å². The minimum absolute atomic E-state index is 0.0942. The molecule has 2 heterocycles. The van der Waals surface area contributed by atoms with Crippen LogP contribution in [0.5, 0.6) is 0 Å². The van der Waals surface area contributed by atoms with Crippen LogP contribution in [0.3, 0.4) is 0 Å². The lowest BCUT2D eigenvalue weighted by atomic mass is 9.98. The summed E-state index contributed by atoms with van der Waals surface area (Å²) in [4.78, 5) is 30.2. The molecule has 8 heteroatoms. The van der Waals surface area contributed by atoms with Gasteiger partial charge >= 0.3 is 0 Å². The molecular weight excluding hydrogens is 439 g/mol. The van der Waals surface area contributed by atoms with Crippen molar-refractivity contribution in [2.75, 3.05) is 6.54 Å². The van der Waals surface area contributed by atoms with Crippen LogP contribution in [0.4, 0.5) is 4.39 Å². The van der Waals surface area contributed by atoms with Gasteiger partial charge < -0.3 is 15.5 Å². The topological polar surface area (TPSA) is 89.5 Å². The summed E-state index contributed by atoms with van der Waals surface area (Å²) in [6, 6.07) is 19.0. The Morgan fingerprint density at radius 3 is 2.58 bits per heavy atom. The average Bonchev–Trinajstić information content (AvgIpc) is 3.24. The monoisotopic (exact) mass is 462 g/mol. The number of rotatable bonds is 9. The summed E-state index contributed by atoms with van der Waals surface area (Å²) in [6.07, 6.45) is 4.23. The van der Waals surface area contributed by atoms with Crippen molar-refractivity contribution in [1.82, 2.24) is 14.7 Å². The highest BCUT2D eigenvalue weighted by Crippen LogP contribution is 2.26.